The highest BCUT2D eigenvalue weighted by Crippen LogP contribution is 2.32. The Bertz CT molecular complexity index is 1160. The predicted octanol–water partition coefficient (Wildman–Crippen LogP) is 4.55. The SMILES string of the molecule is Cc1cccc(-n2c(SC(C)C(=O)Nc3cccc(C(F)(F)F)c3)nnc2N2CCOCC2)c1. The molecule has 2 heterocycles. The number of carbonyl (C=O) groups is 1. The molecule has 4 rings (SSSR count). The van der Waals surface area contributed by atoms with E-state index in [1.165, 1.54) is 23.9 Å². The summed E-state index contributed by atoms with van der Waals surface area (Å²) in [6.07, 6.45) is -4.48. The Morgan fingerprint density at radius 1 is 1.12 bits per heavy atom. The minimum Gasteiger partial charge on any atom is -0.378 e. The van der Waals surface area contributed by atoms with Gasteiger partial charge in [-0.1, -0.05) is 30.0 Å². The number of rotatable bonds is 6. The Labute approximate surface area is 199 Å². The number of ether oxygens (including phenoxy) is 1. The fraction of sp³-hybridized carbons (Fsp3) is 0.348. The van der Waals surface area contributed by atoms with Crippen LogP contribution >= 0.6 is 11.8 Å². The van der Waals surface area contributed by atoms with Crippen molar-refractivity contribution in [3.05, 3.63) is 59.7 Å². The smallest absolute Gasteiger partial charge is 0.378 e. The Hall–Kier alpha value is -3.05. The molecule has 1 amide bonds. The second-order valence-corrected chi connectivity index (χ2v) is 9.19. The van der Waals surface area contributed by atoms with Crippen molar-refractivity contribution < 1.29 is 22.7 Å². The highest BCUT2D eigenvalue weighted by Gasteiger charge is 2.31. The van der Waals surface area contributed by atoms with Crippen LogP contribution in [0, 0.1) is 6.92 Å². The minimum absolute atomic E-state index is 0.0847. The van der Waals surface area contributed by atoms with Gasteiger partial charge < -0.3 is 15.0 Å². The molecule has 1 N–H and O–H groups in total. The van der Waals surface area contributed by atoms with Gasteiger partial charge in [0, 0.05) is 18.8 Å². The van der Waals surface area contributed by atoms with Gasteiger partial charge >= 0.3 is 6.18 Å². The van der Waals surface area contributed by atoms with Gasteiger partial charge in [0.25, 0.3) is 0 Å². The number of alkyl halides is 3. The number of thioether (sulfide) groups is 1. The van der Waals surface area contributed by atoms with Gasteiger partial charge in [-0.05, 0) is 49.7 Å². The largest absolute Gasteiger partial charge is 0.416 e. The Morgan fingerprint density at radius 3 is 2.56 bits per heavy atom. The highest BCUT2D eigenvalue weighted by atomic mass is 32.2. The molecule has 0 spiro atoms. The van der Waals surface area contributed by atoms with Crippen molar-refractivity contribution in [2.75, 3.05) is 36.5 Å². The number of nitrogens with zero attached hydrogens (tertiary/aromatic N) is 4. The van der Waals surface area contributed by atoms with Crippen molar-refractivity contribution in [2.24, 2.45) is 0 Å². The molecular formula is C23H24F3N5O2S. The quantitative estimate of drug-likeness (QED) is 0.510. The molecule has 1 aliphatic rings. The maximum atomic E-state index is 13.0. The molecule has 1 fully saturated rings. The summed E-state index contributed by atoms with van der Waals surface area (Å²) < 4.78 is 46.3. The average molecular weight is 492 g/mol. The zero-order chi connectivity index (χ0) is 24.3. The standard InChI is InChI=1S/C23H24F3N5O2S/c1-15-5-3-8-19(13-15)31-21(30-9-11-33-12-10-30)28-29-22(31)34-16(2)20(32)27-18-7-4-6-17(14-18)23(24,25)26/h3-8,13-14,16H,9-12H2,1-2H3,(H,27,32). The molecule has 1 aliphatic heterocycles. The topological polar surface area (TPSA) is 72.3 Å². The summed E-state index contributed by atoms with van der Waals surface area (Å²) in [6.45, 7) is 6.16. The predicted molar refractivity (Wildman–Crippen MR) is 125 cm³/mol. The van der Waals surface area contributed by atoms with Crippen LogP contribution in [0.25, 0.3) is 5.69 Å². The summed E-state index contributed by atoms with van der Waals surface area (Å²) in [4.78, 5) is 14.9. The summed E-state index contributed by atoms with van der Waals surface area (Å²) in [5.74, 6) is 0.220. The molecular weight excluding hydrogens is 467 g/mol. The number of carbonyl (C=O) groups excluding carboxylic acids is 1. The number of morpholine rings is 1. The molecule has 180 valence electrons. The van der Waals surface area contributed by atoms with Gasteiger partial charge in [0.15, 0.2) is 5.16 Å². The van der Waals surface area contributed by atoms with E-state index < -0.39 is 22.9 Å². The lowest BCUT2D eigenvalue weighted by Gasteiger charge is -2.28. The van der Waals surface area contributed by atoms with Gasteiger partial charge in [0.2, 0.25) is 11.9 Å². The fourth-order valence-electron chi connectivity index (χ4n) is 3.53. The second kappa shape index (κ2) is 10.1. The van der Waals surface area contributed by atoms with E-state index in [2.05, 4.69) is 20.4 Å². The Morgan fingerprint density at radius 2 is 1.85 bits per heavy atom. The van der Waals surface area contributed by atoms with E-state index in [9.17, 15) is 18.0 Å². The first kappa shape index (κ1) is 24.1. The summed E-state index contributed by atoms with van der Waals surface area (Å²) in [6, 6.07) is 12.4. The number of nitrogens with one attached hydrogen (secondary N) is 1. The molecule has 0 saturated carbocycles. The highest BCUT2D eigenvalue weighted by molar-refractivity contribution is 8.00. The molecule has 7 nitrogen and oxygen atoms in total. The normalized spacial score (nSPS) is 15.3. The van der Waals surface area contributed by atoms with Crippen LogP contribution in [0.15, 0.2) is 53.7 Å². The van der Waals surface area contributed by atoms with Gasteiger partial charge in [-0.2, -0.15) is 13.2 Å². The third kappa shape index (κ3) is 5.53. The van der Waals surface area contributed by atoms with E-state index in [0.29, 0.717) is 37.4 Å². The first-order valence-corrected chi connectivity index (χ1v) is 11.6. The summed E-state index contributed by atoms with van der Waals surface area (Å²) >= 11 is 1.19. The zero-order valence-corrected chi connectivity index (χ0v) is 19.5. The molecule has 0 radical (unpaired) electrons. The number of amides is 1. The third-order valence-electron chi connectivity index (χ3n) is 5.28. The lowest BCUT2D eigenvalue weighted by Crippen LogP contribution is -2.38. The summed E-state index contributed by atoms with van der Waals surface area (Å²) in [5, 5.41) is 11.2. The number of benzene rings is 2. The van der Waals surface area contributed by atoms with Crippen molar-refractivity contribution in [3.63, 3.8) is 0 Å². The van der Waals surface area contributed by atoms with Crippen LogP contribution in [0.5, 0.6) is 0 Å². The molecule has 11 heteroatoms. The van der Waals surface area contributed by atoms with Crippen LogP contribution in [0.2, 0.25) is 0 Å². The molecule has 1 atom stereocenters. The third-order valence-corrected chi connectivity index (χ3v) is 6.32. The molecule has 0 bridgehead atoms. The van der Waals surface area contributed by atoms with Crippen LogP contribution in [0.4, 0.5) is 24.8 Å². The van der Waals surface area contributed by atoms with Gasteiger partial charge in [0.1, 0.15) is 0 Å². The number of aromatic nitrogens is 3. The first-order chi connectivity index (χ1) is 16.2. The van der Waals surface area contributed by atoms with E-state index >= 15 is 0 Å². The summed E-state index contributed by atoms with van der Waals surface area (Å²) in [7, 11) is 0. The monoisotopic (exact) mass is 491 g/mol. The molecule has 1 unspecified atom stereocenters. The molecule has 1 aromatic heterocycles. The van der Waals surface area contributed by atoms with Crippen LogP contribution in [0.3, 0.4) is 0 Å². The van der Waals surface area contributed by atoms with Crippen molar-refractivity contribution >= 4 is 29.3 Å². The molecule has 34 heavy (non-hydrogen) atoms. The Balaban J connectivity index is 1.57. The zero-order valence-electron chi connectivity index (χ0n) is 18.7. The second-order valence-electron chi connectivity index (χ2n) is 7.88. The molecule has 0 aliphatic carbocycles. The van der Waals surface area contributed by atoms with E-state index in [4.69, 9.17) is 4.74 Å². The molecule has 1 saturated heterocycles. The van der Waals surface area contributed by atoms with Crippen molar-refractivity contribution in [1.29, 1.82) is 0 Å². The maximum absolute atomic E-state index is 13.0. The number of hydrogen-bond donors (Lipinski definition) is 1. The lowest BCUT2D eigenvalue weighted by molar-refractivity contribution is -0.137. The average Bonchev–Trinajstić information content (AvgIpc) is 3.22. The van der Waals surface area contributed by atoms with E-state index in [1.807, 2.05) is 35.8 Å². The first-order valence-electron chi connectivity index (χ1n) is 10.7. The number of anilines is 2. The van der Waals surface area contributed by atoms with Crippen LogP contribution < -0.4 is 10.2 Å². The van der Waals surface area contributed by atoms with Gasteiger partial charge in [-0.15, -0.1) is 10.2 Å². The van der Waals surface area contributed by atoms with Gasteiger partial charge in [-0.3, -0.25) is 9.36 Å². The van der Waals surface area contributed by atoms with Crippen LogP contribution in [0.1, 0.15) is 18.1 Å². The molecule has 2 aromatic carbocycles. The number of hydrogen-bond acceptors (Lipinski definition) is 6. The number of aryl methyl sites for hydroxylation is 1. The van der Waals surface area contributed by atoms with E-state index in [0.717, 1.165) is 23.4 Å². The maximum Gasteiger partial charge on any atom is 0.416 e. The number of halogens is 3. The lowest BCUT2D eigenvalue weighted by atomic mass is 10.2. The van der Waals surface area contributed by atoms with E-state index in [1.54, 1.807) is 6.92 Å². The van der Waals surface area contributed by atoms with Crippen molar-refractivity contribution in [2.45, 2.75) is 30.4 Å². The minimum atomic E-state index is -4.48. The summed E-state index contributed by atoms with van der Waals surface area (Å²) in [5.41, 5.74) is 1.19. The molecule has 3 aromatic rings. The Kier molecular flexibility index (Phi) is 7.13. The van der Waals surface area contributed by atoms with Crippen LogP contribution in [-0.4, -0.2) is 52.2 Å². The van der Waals surface area contributed by atoms with Gasteiger partial charge in [0.05, 0.1) is 29.7 Å². The van der Waals surface area contributed by atoms with Crippen molar-refractivity contribution in [3.8, 4) is 5.69 Å². The van der Waals surface area contributed by atoms with E-state index in [-0.39, 0.29) is 5.69 Å². The fourth-order valence-corrected chi connectivity index (χ4v) is 4.39. The van der Waals surface area contributed by atoms with Crippen LogP contribution in [-0.2, 0) is 15.7 Å². The van der Waals surface area contributed by atoms with Gasteiger partial charge in [-0.25, -0.2) is 0 Å². The van der Waals surface area contributed by atoms with Crippen molar-refractivity contribution in [1.82, 2.24) is 14.8 Å².